The minimum absolute atomic E-state index is 0.141. The van der Waals surface area contributed by atoms with Crippen LogP contribution in [0.25, 0.3) is 6.08 Å². The van der Waals surface area contributed by atoms with Crippen molar-refractivity contribution < 1.29 is 23.8 Å². The molecule has 0 aromatic heterocycles. The highest BCUT2D eigenvalue weighted by atomic mass is 19.1. The molecule has 1 aliphatic heterocycles. The smallest absolute Gasteiger partial charge is 0.345 e. The molecule has 1 heterocycles. The van der Waals surface area contributed by atoms with Gasteiger partial charge in [-0.3, -0.25) is 4.79 Å². The molecule has 0 atom stereocenters. The van der Waals surface area contributed by atoms with Crippen LogP contribution in [0.2, 0.25) is 0 Å². The third-order valence-electron chi connectivity index (χ3n) is 3.30. The molecule has 1 aliphatic rings. The molecule has 0 amide bonds. The number of nitrogens with one attached hydrogen (secondary N) is 1. The Hall–Kier alpha value is -3.41. The van der Waals surface area contributed by atoms with Crippen molar-refractivity contribution in [2.45, 2.75) is 0 Å². The molecule has 2 N–H and O–H groups in total. The Bertz CT molecular complexity index is 854. The lowest BCUT2D eigenvalue weighted by atomic mass is 10.1. The van der Waals surface area contributed by atoms with Gasteiger partial charge < -0.3 is 15.2 Å². The van der Waals surface area contributed by atoms with Crippen molar-refractivity contribution in [2.75, 3.05) is 5.32 Å². The van der Waals surface area contributed by atoms with Crippen LogP contribution in [0.4, 0.5) is 10.1 Å². The highest BCUT2D eigenvalue weighted by Crippen LogP contribution is 2.28. The Morgan fingerprint density at radius 2 is 1.75 bits per heavy atom. The summed E-state index contributed by atoms with van der Waals surface area (Å²) in [5, 5.41) is 12.1. The lowest BCUT2D eigenvalue weighted by Gasteiger charge is -2.07. The van der Waals surface area contributed by atoms with E-state index in [0.29, 0.717) is 11.3 Å². The quantitative estimate of drug-likeness (QED) is 0.667. The Kier molecular flexibility index (Phi) is 4.11. The molecule has 0 aliphatic carbocycles. The predicted octanol–water partition coefficient (Wildman–Crippen LogP) is 3.17. The van der Waals surface area contributed by atoms with Gasteiger partial charge in [0.2, 0.25) is 11.7 Å². The number of carboxylic acids is 1. The Morgan fingerprint density at radius 1 is 1.08 bits per heavy atom. The monoisotopic (exact) mass is 325 g/mol. The van der Waals surface area contributed by atoms with E-state index < -0.39 is 23.1 Å². The van der Waals surface area contributed by atoms with Crippen molar-refractivity contribution in [3.05, 3.63) is 83.2 Å². The van der Waals surface area contributed by atoms with Gasteiger partial charge in [0.25, 0.3) is 0 Å². The van der Waals surface area contributed by atoms with Crippen LogP contribution in [0.3, 0.4) is 0 Å². The topological polar surface area (TPSA) is 75.6 Å². The summed E-state index contributed by atoms with van der Waals surface area (Å²) in [7, 11) is 0. The molecule has 0 saturated carbocycles. The lowest BCUT2D eigenvalue weighted by Crippen LogP contribution is -2.12. The molecule has 0 spiro atoms. The van der Waals surface area contributed by atoms with Gasteiger partial charge in [0, 0.05) is 5.69 Å². The van der Waals surface area contributed by atoms with Gasteiger partial charge in [-0.15, -0.1) is 0 Å². The van der Waals surface area contributed by atoms with Crippen LogP contribution >= 0.6 is 0 Å². The van der Waals surface area contributed by atoms with E-state index in [2.05, 4.69) is 5.32 Å². The normalized spacial score (nSPS) is 15.5. The summed E-state index contributed by atoms with van der Waals surface area (Å²) in [6, 6.07) is 14.1. The van der Waals surface area contributed by atoms with Gasteiger partial charge in [-0.25, -0.2) is 9.18 Å². The zero-order chi connectivity index (χ0) is 17.1. The van der Waals surface area contributed by atoms with Crippen molar-refractivity contribution in [3.8, 4) is 0 Å². The molecular weight excluding hydrogens is 313 g/mol. The number of aliphatic carboxylic acids is 1. The molecule has 2 aromatic carbocycles. The fourth-order valence-corrected chi connectivity index (χ4v) is 2.17. The zero-order valence-electron chi connectivity index (χ0n) is 12.3. The van der Waals surface area contributed by atoms with E-state index >= 15 is 0 Å². The first-order valence-corrected chi connectivity index (χ1v) is 7.04. The molecule has 3 rings (SSSR count). The number of allylic oxidation sites excluding steroid dienone is 1. The van der Waals surface area contributed by atoms with E-state index in [4.69, 9.17) is 4.74 Å². The van der Waals surface area contributed by atoms with E-state index in [1.54, 1.807) is 30.3 Å². The van der Waals surface area contributed by atoms with Gasteiger partial charge >= 0.3 is 5.97 Å². The number of benzene rings is 2. The second-order valence-corrected chi connectivity index (χ2v) is 4.99. The van der Waals surface area contributed by atoms with Crippen LogP contribution in [0.5, 0.6) is 0 Å². The third-order valence-corrected chi connectivity index (χ3v) is 3.30. The van der Waals surface area contributed by atoms with Gasteiger partial charge in [0.1, 0.15) is 5.82 Å². The molecule has 5 nitrogen and oxygen atoms in total. The van der Waals surface area contributed by atoms with Gasteiger partial charge in [-0.2, -0.15) is 0 Å². The van der Waals surface area contributed by atoms with Crippen LogP contribution in [0, 0.1) is 5.82 Å². The maximum atomic E-state index is 12.9. The first kappa shape index (κ1) is 15.5. The number of carbonyl (C=O) groups is 2. The number of Topliss-reactive ketones (excluding diaryl/α,β-unsaturated/α-hetero) is 1. The van der Waals surface area contributed by atoms with Crippen LogP contribution in [-0.2, 0) is 14.3 Å². The summed E-state index contributed by atoms with van der Waals surface area (Å²) in [4.78, 5) is 23.7. The van der Waals surface area contributed by atoms with Crippen molar-refractivity contribution >= 4 is 23.5 Å². The number of para-hydroxylation sites is 1. The summed E-state index contributed by atoms with van der Waals surface area (Å²) in [6.45, 7) is 0. The number of ether oxygens (including phenoxy) is 1. The van der Waals surface area contributed by atoms with Crippen molar-refractivity contribution in [2.24, 2.45) is 0 Å². The van der Waals surface area contributed by atoms with Crippen LogP contribution in [0.1, 0.15) is 5.56 Å². The summed E-state index contributed by atoms with van der Waals surface area (Å²) < 4.78 is 18.3. The fraction of sp³-hybridized carbons (Fsp3) is 0. The minimum atomic E-state index is -1.39. The number of hydrogen-bond donors (Lipinski definition) is 2. The first-order valence-electron chi connectivity index (χ1n) is 7.04. The second-order valence-electron chi connectivity index (χ2n) is 4.99. The number of anilines is 1. The number of carbonyl (C=O) groups excluding carboxylic acids is 1. The summed E-state index contributed by atoms with van der Waals surface area (Å²) in [5.74, 6) is -2.83. The number of rotatable bonds is 4. The third kappa shape index (κ3) is 3.17. The summed E-state index contributed by atoms with van der Waals surface area (Å²) >= 11 is 0. The van der Waals surface area contributed by atoms with Gasteiger partial charge in [-0.1, -0.05) is 30.3 Å². The number of carboxylic acid groups (broad SMARTS) is 1. The predicted molar refractivity (Wildman–Crippen MR) is 85.2 cm³/mol. The maximum absolute atomic E-state index is 12.9. The van der Waals surface area contributed by atoms with Crippen LogP contribution in [0.15, 0.2) is 71.8 Å². The molecular formula is C18H12FNO4. The van der Waals surface area contributed by atoms with Crippen LogP contribution in [-0.4, -0.2) is 16.9 Å². The average molecular weight is 325 g/mol. The van der Waals surface area contributed by atoms with Crippen molar-refractivity contribution in [3.63, 3.8) is 0 Å². The van der Waals surface area contributed by atoms with Gasteiger partial charge in [0.15, 0.2) is 11.3 Å². The molecule has 120 valence electrons. The van der Waals surface area contributed by atoms with E-state index in [1.807, 2.05) is 0 Å². The SMILES string of the molecule is O=C(O)C1=C(Nc2ccccc2)O/C(=C\c2ccc(F)cc2)C1=O. The second kappa shape index (κ2) is 6.37. The van der Waals surface area contributed by atoms with Crippen molar-refractivity contribution in [1.29, 1.82) is 0 Å². The molecule has 2 aromatic rings. The number of halogens is 1. The largest absolute Gasteiger partial charge is 0.477 e. The summed E-state index contributed by atoms with van der Waals surface area (Å²) in [6.07, 6.45) is 1.37. The summed E-state index contributed by atoms with van der Waals surface area (Å²) in [5.41, 5.74) is 0.625. The lowest BCUT2D eigenvalue weighted by molar-refractivity contribution is -0.134. The van der Waals surface area contributed by atoms with E-state index in [1.165, 1.54) is 30.3 Å². The first-order chi connectivity index (χ1) is 11.5. The molecule has 0 fully saturated rings. The highest BCUT2D eigenvalue weighted by Gasteiger charge is 2.35. The molecule has 0 unspecified atom stereocenters. The van der Waals surface area contributed by atoms with Crippen molar-refractivity contribution in [1.82, 2.24) is 0 Å². The van der Waals surface area contributed by atoms with Gasteiger partial charge in [-0.05, 0) is 35.9 Å². The standard InChI is InChI=1S/C18H12FNO4/c19-12-8-6-11(7-9-12)10-14-16(21)15(18(22)23)17(24-14)20-13-4-2-1-3-5-13/h1-10,20H,(H,22,23)/b14-10-. The van der Waals surface area contributed by atoms with E-state index in [-0.39, 0.29) is 11.6 Å². The van der Waals surface area contributed by atoms with Gasteiger partial charge in [0.05, 0.1) is 0 Å². The molecule has 24 heavy (non-hydrogen) atoms. The van der Waals surface area contributed by atoms with E-state index in [0.717, 1.165) is 0 Å². The molecule has 6 heteroatoms. The highest BCUT2D eigenvalue weighted by molar-refractivity contribution is 6.26. The Balaban J connectivity index is 1.91. The van der Waals surface area contributed by atoms with Crippen LogP contribution < -0.4 is 5.32 Å². The Labute approximate surface area is 136 Å². The Morgan fingerprint density at radius 3 is 2.38 bits per heavy atom. The number of hydrogen-bond acceptors (Lipinski definition) is 4. The number of ketones is 1. The average Bonchev–Trinajstić information content (AvgIpc) is 2.86. The molecule has 0 saturated heterocycles. The fourth-order valence-electron chi connectivity index (χ4n) is 2.17. The minimum Gasteiger partial charge on any atom is -0.477 e. The van der Waals surface area contributed by atoms with E-state index in [9.17, 15) is 19.1 Å². The zero-order valence-corrected chi connectivity index (χ0v) is 12.3. The molecule has 0 bridgehead atoms. The maximum Gasteiger partial charge on any atom is 0.345 e. The molecule has 0 radical (unpaired) electrons.